The molecule has 0 aliphatic carbocycles. The lowest BCUT2D eigenvalue weighted by atomic mass is 9.87. The first-order valence-corrected chi connectivity index (χ1v) is 8.41. The molecule has 0 heterocycles. The van der Waals surface area contributed by atoms with Gasteiger partial charge in [0.15, 0.2) is 0 Å². The van der Waals surface area contributed by atoms with Gasteiger partial charge in [0.25, 0.3) is 0 Å². The van der Waals surface area contributed by atoms with Crippen LogP contribution in [0.4, 0.5) is 0 Å². The Morgan fingerprint density at radius 3 is 1.90 bits per heavy atom. The standard InChI is InChI=1S/C21H27/c1-4-10-17-15-19(11-5-2)21(20(16-17)12-6-3)18-13-8-7-9-14-18/h7-9,13,15-16H,4-6,10-12H2,1-3H3. The van der Waals surface area contributed by atoms with Crippen LogP contribution in [0.1, 0.15) is 56.7 Å². The van der Waals surface area contributed by atoms with Crippen molar-refractivity contribution in [2.45, 2.75) is 59.3 Å². The van der Waals surface area contributed by atoms with E-state index < -0.39 is 0 Å². The quantitative estimate of drug-likeness (QED) is 0.582. The number of aryl methyl sites for hydroxylation is 3. The van der Waals surface area contributed by atoms with Crippen molar-refractivity contribution in [1.82, 2.24) is 0 Å². The van der Waals surface area contributed by atoms with Gasteiger partial charge in [-0.25, -0.2) is 0 Å². The summed E-state index contributed by atoms with van der Waals surface area (Å²) in [6, 6.07) is 16.7. The summed E-state index contributed by atoms with van der Waals surface area (Å²) in [6.45, 7) is 6.80. The highest BCUT2D eigenvalue weighted by Crippen LogP contribution is 2.31. The van der Waals surface area contributed by atoms with E-state index in [0.29, 0.717) is 0 Å². The Morgan fingerprint density at radius 1 is 0.810 bits per heavy atom. The van der Waals surface area contributed by atoms with Gasteiger partial charge in [-0.2, -0.15) is 0 Å². The number of benzene rings is 2. The van der Waals surface area contributed by atoms with Crippen molar-refractivity contribution in [3.63, 3.8) is 0 Å². The molecule has 2 rings (SSSR count). The second kappa shape index (κ2) is 8.02. The van der Waals surface area contributed by atoms with Gasteiger partial charge < -0.3 is 0 Å². The molecular weight excluding hydrogens is 252 g/mol. The van der Waals surface area contributed by atoms with Crippen LogP contribution in [0, 0.1) is 6.07 Å². The smallest absolute Gasteiger partial charge is 0.00990 e. The van der Waals surface area contributed by atoms with Crippen LogP contribution in [0.5, 0.6) is 0 Å². The summed E-state index contributed by atoms with van der Waals surface area (Å²) < 4.78 is 0. The van der Waals surface area contributed by atoms with E-state index in [-0.39, 0.29) is 0 Å². The highest BCUT2D eigenvalue weighted by atomic mass is 14.2. The van der Waals surface area contributed by atoms with Gasteiger partial charge in [0, 0.05) is 0 Å². The highest BCUT2D eigenvalue weighted by Gasteiger charge is 2.12. The molecule has 2 aromatic carbocycles. The molecule has 1 radical (unpaired) electrons. The van der Waals surface area contributed by atoms with Gasteiger partial charge in [-0.1, -0.05) is 76.4 Å². The van der Waals surface area contributed by atoms with E-state index in [0.717, 1.165) is 12.8 Å². The van der Waals surface area contributed by atoms with Crippen molar-refractivity contribution in [2.24, 2.45) is 0 Å². The normalized spacial score (nSPS) is 10.8. The Hall–Kier alpha value is -1.56. The summed E-state index contributed by atoms with van der Waals surface area (Å²) >= 11 is 0. The molecule has 111 valence electrons. The van der Waals surface area contributed by atoms with E-state index in [1.807, 2.05) is 12.1 Å². The van der Waals surface area contributed by atoms with Gasteiger partial charge in [-0.3, -0.25) is 0 Å². The van der Waals surface area contributed by atoms with Gasteiger partial charge in [-0.15, -0.1) is 0 Å². The first-order chi connectivity index (χ1) is 10.3. The molecule has 0 N–H and O–H groups in total. The fourth-order valence-electron chi connectivity index (χ4n) is 3.10. The van der Waals surface area contributed by atoms with Crippen molar-refractivity contribution in [2.75, 3.05) is 0 Å². The maximum Gasteiger partial charge on any atom is -0.00990 e. The zero-order valence-electron chi connectivity index (χ0n) is 13.7. The maximum atomic E-state index is 3.43. The van der Waals surface area contributed by atoms with Gasteiger partial charge in [-0.05, 0) is 53.1 Å². The largest absolute Gasteiger partial charge is 0.0651 e. The third-order valence-corrected chi connectivity index (χ3v) is 3.92. The Labute approximate surface area is 130 Å². The lowest BCUT2D eigenvalue weighted by Crippen LogP contribution is -2.00. The number of hydrogen-bond donors (Lipinski definition) is 0. The Bertz CT molecular complexity index is 525. The van der Waals surface area contributed by atoms with Crippen molar-refractivity contribution in [1.29, 1.82) is 0 Å². The fourth-order valence-corrected chi connectivity index (χ4v) is 3.10. The summed E-state index contributed by atoms with van der Waals surface area (Å²) in [4.78, 5) is 0. The third-order valence-electron chi connectivity index (χ3n) is 3.92. The molecule has 0 amide bonds. The van der Waals surface area contributed by atoms with Gasteiger partial charge in [0.05, 0.1) is 0 Å². The number of hydrogen-bond acceptors (Lipinski definition) is 0. The molecule has 0 bridgehead atoms. The van der Waals surface area contributed by atoms with Crippen LogP contribution < -0.4 is 0 Å². The molecule has 2 aromatic rings. The van der Waals surface area contributed by atoms with Crippen LogP contribution in [-0.4, -0.2) is 0 Å². The summed E-state index contributed by atoms with van der Waals surface area (Å²) in [5.74, 6) is 0. The molecule has 0 saturated carbocycles. The molecule has 21 heavy (non-hydrogen) atoms. The highest BCUT2D eigenvalue weighted by molar-refractivity contribution is 5.71. The molecule has 0 fully saturated rings. The van der Waals surface area contributed by atoms with Gasteiger partial charge in [0.1, 0.15) is 0 Å². The fraction of sp³-hybridized carbons (Fsp3) is 0.429. The minimum Gasteiger partial charge on any atom is -0.0651 e. The Morgan fingerprint density at radius 2 is 1.43 bits per heavy atom. The van der Waals surface area contributed by atoms with Crippen LogP contribution in [0.25, 0.3) is 11.1 Å². The monoisotopic (exact) mass is 279 g/mol. The van der Waals surface area contributed by atoms with E-state index in [2.05, 4.69) is 51.1 Å². The average Bonchev–Trinajstić information content (AvgIpc) is 2.49. The lowest BCUT2D eigenvalue weighted by molar-refractivity contribution is 0.873. The average molecular weight is 279 g/mol. The van der Waals surface area contributed by atoms with Crippen LogP contribution >= 0.6 is 0 Å². The predicted molar refractivity (Wildman–Crippen MR) is 92.7 cm³/mol. The molecule has 0 atom stereocenters. The maximum absolute atomic E-state index is 3.43. The molecule has 0 spiro atoms. The minimum atomic E-state index is 1.16. The molecule has 0 saturated heterocycles. The second-order valence-corrected chi connectivity index (χ2v) is 5.82. The van der Waals surface area contributed by atoms with Crippen molar-refractivity contribution >= 4 is 0 Å². The SMILES string of the molecule is CCCc1cc(CCC)c(-c2[c]cccc2)c(CCC)c1. The van der Waals surface area contributed by atoms with Crippen LogP contribution in [0.2, 0.25) is 0 Å². The first kappa shape index (κ1) is 15.8. The second-order valence-electron chi connectivity index (χ2n) is 5.82. The predicted octanol–water partition coefficient (Wildman–Crippen LogP) is 6.01. The molecule has 0 aromatic heterocycles. The topological polar surface area (TPSA) is 0 Å². The number of rotatable bonds is 7. The lowest BCUT2D eigenvalue weighted by Gasteiger charge is -2.17. The van der Waals surface area contributed by atoms with E-state index in [1.165, 1.54) is 53.5 Å². The van der Waals surface area contributed by atoms with E-state index in [1.54, 1.807) is 0 Å². The van der Waals surface area contributed by atoms with Crippen molar-refractivity contribution < 1.29 is 0 Å². The molecule has 0 aliphatic rings. The van der Waals surface area contributed by atoms with Crippen molar-refractivity contribution in [3.05, 3.63) is 59.2 Å². The van der Waals surface area contributed by atoms with Crippen molar-refractivity contribution in [3.8, 4) is 11.1 Å². The zero-order valence-corrected chi connectivity index (χ0v) is 13.7. The Kier molecular flexibility index (Phi) is 6.04. The summed E-state index contributed by atoms with van der Waals surface area (Å²) in [6.07, 6.45) is 7.11. The van der Waals surface area contributed by atoms with Crippen LogP contribution in [-0.2, 0) is 19.3 Å². The van der Waals surface area contributed by atoms with E-state index in [9.17, 15) is 0 Å². The van der Waals surface area contributed by atoms with E-state index >= 15 is 0 Å². The molecule has 0 nitrogen and oxygen atoms in total. The summed E-state index contributed by atoms with van der Waals surface area (Å²) in [5.41, 5.74) is 7.22. The molecule has 0 aliphatic heterocycles. The van der Waals surface area contributed by atoms with Crippen LogP contribution in [0.15, 0.2) is 36.4 Å². The minimum absolute atomic E-state index is 1.16. The third kappa shape index (κ3) is 3.97. The van der Waals surface area contributed by atoms with Crippen LogP contribution in [0.3, 0.4) is 0 Å². The summed E-state index contributed by atoms with van der Waals surface area (Å²) in [7, 11) is 0. The van der Waals surface area contributed by atoms with Gasteiger partial charge in [0.2, 0.25) is 0 Å². The molecule has 0 unspecified atom stereocenters. The van der Waals surface area contributed by atoms with E-state index in [4.69, 9.17) is 0 Å². The molecule has 0 heteroatoms. The zero-order chi connectivity index (χ0) is 15.1. The summed E-state index contributed by atoms with van der Waals surface area (Å²) in [5, 5.41) is 0. The first-order valence-electron chi connectivity index (χ1n) is 8.41. The van der Waals surface area contributed by atoms with Gasteiger partial charge >= 0.3 is 0 Å². The Balaban J connectivity index is 2.57. The molecular formula is C21H27.